The average Bonchev–Trinajstić information content (AvgIpc) is 0.792. The number of esters is 1. The zero-order valence-corrected chi connectivity index (χ0v) is 68.9. The SMILES string of the molecule is CC(=O)OCc1ccc(NC(=O)CCCCN(C(N)=O)C2CCCC(OCC(=O)NCCCCC(NC(=O)CCOCCOCCOCCOCCNC(=O)CCC(=O)N3Cc4ccccc4C(C)=Cc4ccccc43)C(=O)NC(C(N)=O)C(C)C)C(N[NH3+])=C(NCCOCCOCCOCCOCCC(=O)NCCS(=O)(=O)O)C2)cc1. The Morgan fingerprint density at radius 2 is 1.20 bits per heavy atom. The molecule has 1 heterocycles. The molecule has 0 radical (unpaired) electrons. The van der Waals surface area contributed by atoms with Crippen LogP contribution in [-0.2, 0) is 114 Å². The molecule has 0 saturated carbocycles. The van der Waals surface area contributed by atoms with Crippen molar-refractivity contribution in [3.8, 4) is 0 Å². The minimum absolute atomic E-state index is 0.00896. The van der Waals surface area contributed by atoms with E-state index in [9.17, 15) is 56.4 Å². The number of fused-ring (bicyclic) bond motifs is 2. The number of hydrogen-bond donors (Lipinski definition) is 12. The number of nitrogens with one attached hydrogen (secondary N) is 8. The van der Waals surface area contributed by atoms with Gasteiger partial charge < -0.3 is 106 Å². The Morgan fingerprint density at radius 3 is 1.81 bits per heavy atom. The number of rotatable bonds is 60. The predicted octanol–water partition coefficient (Wildman–Crippen LogP) is 2.43. The average molecular weight is 1670 g/mol. The van der Waals surface area contributed by atoms with Crippen LogP contribution in [0.3, 0.4) is 0 Å². The number of anilines is 2. The quantitative estimate of drug-likeness (QED) is 0.0167. The molecule has 4 atom stereocenters. The number of quaternary nitrogens is 1. The van der Waals surface area contributed by atoms with Crippen LogP contribution in [0.15, 0.2) is 84.2 Å². The van der Waals surface area contributed by atoms with Crippen LogP contribution in [0.2, 0.25) is 0 Å². The molecule has 36 nitrogen and oxygen atoms in total. The lowest BCUT2D eigenvalue weighted by atomic mass is 9.94. The second kappa shape index (κ2) is 57.0. The van der Waals surface area contributed by atoms with Crippen molar-refractivity contribution in [1.29, 1.82) is 0 Å². The third-order valence-corrected chi connectivity index (χ3v) is 19.3. The van der Waals surface area contributed by atoms with Gasteiger partial charge in [-0.05, 0) is 116 Å². The van der Waals surface area contributed by atoms with Gasteiger partial charge in [-0.25, -0.2) is 10.2 Å². The molecule has 0 aromatic heterocycles. The summed E-state index contributed by atoms with van der Waals surface area (Å²) in [5.41, 5.74) is 22.2. The van der Waals surface area contributed by atoms with Gasteiger partial charge in [0, 0.05) is 95.6 Å². The van der Waals surface area contributed by atoms with Crippen molar-refractivity contribution in [3.05, 3.63) is 106 Å². The summed E-state index contributed by atoms with van der Waals surface area (Å²) in [4.78, 5) is 131. The molecule has 37 heteroatoms. The zero-order chi connectivity index (χ0) is 85.0. The van der Waals surface area contributed by atoms with Gasteiger partial charge in [0.25, 0.3) is 10.1 Å². The van der Waals surface area contributed by atoms with E-state index in [0.717, 1.165) is 33.5 Å². The molecule has 5 rings (SSSR count). The van der Waals surface area contributed by atoms with Crippen LogP contribution in [0.1, 0.15) is 140 Å². The molecule has 3 aromatic carbocycles. The fourth-order valence-electron chi connectivity index (χ4n) is 12.5. The number of carbonyl (C=O) groups is 10. The van der Waals surface area contributed by atoms with Crippen molar-refractivity contribution in [2.75, 3.05) is 161 Å². The predicted molar refractivity (Wildman–Crippen MR) is 434 cm³/mol. The van der Waals surface area contributed by atoms with Gasteiger partial charge in [-0.2, -0.15) is 8.42 Å². The molecule has 1 aliphatic carbocycles. The smallest absolute Gasteiger partial charge is 0.315 e. The van der Waals surface area contributed by atoms with E-state index in [4.69, 9.17) is 63.4 Å². The third kappa shape index (κ3) is 41.6. The minimum Gasteiger partial charge on any atom is -0.461 e. The van der Waals surface area contributed by atoms with Crippen molar-refractivity contribution in [2.24, 2.45) is 17.4 Å². The van der Waals surface area contributed by atoms with Crippen LogP contribution in [0, 0.1) is 5.92 Å². The molecule has 16 N–H and O–H groups in total. The lowest BCUT2D eigenvalue weighted by Gasteiger charge is -2.35. The van der Waals surface area contributed by atoms with Crippen LogP contribution >= 0.6 is 0 Å². The lowest BCUT2D eigenvalue weighted by molar-refractivity contribution is -0.434. The number of benzene rings is 3. The molecule has 0 bridgehead atoms. The number of nitrogens with zero attached hydrogens (tertiary/aromatic N) is 2. The Balaban J connectivity index is 1.00. The number of allylic oxidation sites excluding steroid dienone is 1. The van der Waals surface area contributed by atoms with Crippen LogP contribution in [0.4, 0.5) is 16.2 Å². The number of amides is 10. The summed E-state index contributed by atoms with van der Waals surface area (Å²) in [5, 5.41) is 19.8. The fourth-order valence-corrected chi connectivity index (χ4v) is 12.9. The summed E-state index contributed by atoms with van der Waals surface area (Å²) in [6.07, 6.45) is 5.27. The Kier molecular flexibility index (Phi) is 47.9. The first-order chi connectivity index (χ1) is 56.3. The van der Waals surface area contributed by atoms with Gasteiger partial charge in [0.1, 0.15) is 37.1 Å². The van der Waals surface area contributed by atoms with E-state index in [1.165, 1.54) is 6.92 Å². The van der Waals surface area contributed by atoms with E-state index in [0.29, 0.717) is 94.8 Å². The lowest BCUT2D eigenvalue weighted by Crippen LogP contribution is -2.66. The highest BCUT2D eigenvalue weighted by atomic mass is 32.2. The highest BCUT2D eigenvalue weighted by molar-refractivity contribution is 7.85. The Morgan fingerprint density at radius 1 is 0.615 bits per heavy atom. The number of primary amides is 2. The fraction of sp³-hybridized carbons (Fsp3) is 0.600. The van der Waals surface area contributed by atoms with Crippen molar-refractivity contribution in [1.82, 2.24) is 42.2 Å². The summed E-state index contributed by atoms with van der Waals surface area (Å²) in [5.74, 6) is -0.568. The van der Waals surface area contributed by atoms with E-state index in [1.807, 2.05) is 42.5 Å². The minimum atomic E-state index is -4.17. The van der Waals surface area contributed by atoms with Gasteiger partial charge in [0.15, 0.2) is 0 Å². The van der Waals surface area contributed by atoms with Gasteiger partial charge in [0.05, 0.1) is 124 Å². The number of urea groups is 1. The second-order valence-corrected chi connectivity index (χ2v) is 29.7. The standard InChI is InChI=1S/C80H123N13O23S/c1-57(2)76(78(81)101)90-79(102)66(89-73(98)29-36-108-40-44-112-48-50-114-46-42-110-38-32-86-70(95)26-27-75(100)93-54-62-15-5-7-17-65(62)58(3)52-61-14-6-8-19-68(61)93)18-9-11-30-85-74(99)56-116-69-20-13-16-64(92(80(82)103)34-12-10-21-72(97)88-63-24-22-60(23-25-63)55-115-59(4)94)53-67(77(69)91-83)84-31-37-109-41-45-113-49-47-111-43-39-107-35-28-71(96)87-33-51-117(104,105)106/h5-8,14-15,17,19,22-25,52,57,64,66,69,76,84,91H,9-13,16,18,20-21,26-51,53-56,83H2,1-4H3,(H2,81,101)(H2,82,103)(H,85,99)(H,86,95)(H,87,96)(H,88,97)(H,89,98)(H,90,102)(H,104,105,106)/p+1. The van der Waals surface area contributed by atoms with Crippen molar-refractivity contribution >= 4 is 92.4 Å². The maximum atomic E-state index is 13.6. The van der Waals surface area contributed by atoms with Crippen LogP contribution in [-0.4, -0.2) is 252 Å². The summed E-state index contributed by atoms with van der Waals surface area (Å²) >= 11 is 0. The zero-order valence-electron chi connectivity index (χ0n) is 68.1. The molecule has 10 amide bonds. The number of ether oxygens (including phenoxy) is 10. The first kappa shape index (κ1) is 98.3. The summed E-state index contributed by atoms with van der Waals surface area (Å²) in [6.45, 7) is 11.6. The number of nitrogens with two attached hydrogens (primary N) is 2. The first-order valence-electron chi connectivity index (χ1n) is 39.9. The molecular weight excluding hydrogens is 1540 g/mol. The molecule has 2 aliphatic rings. The molecule has 0 fully saturated rings. The highest BCUT2D eigenvalue weighted by Crippen LogP contribution is 2.33. The van der Waals surface area contributed by atoms with Gasteiger partial charge in [-0.15, -0.1) is 0 Å². The Bertz CT molecular complexity index is 3740. The van der Waals surface area contributed by atoms with Crippen molar-refractivity contribution in [3.63, 3.8) is 0 Å². The second-order valence-electron chi connectivity index (χ2n) is 28.1. The van der Waals surface area contributed by atoms with Crippen LogP contribution in [0.25, 0.3) is 11.6 Å². The van der Waals surface area contributed by atoms with E-state index >= 15 is 0 Å². The van der Waals surface area contributed by atoms with E-state index in [2.05, 4.69) is 67.6 Å². The number of carbonyl (C=O) groups excluding carboxylic acids is 10. The van der Waals surface area contributed by atoms with Gasteiger partial charge in [-0.1, -0.05) is 68.4 Å². The van der Waals surface area contributed by atoms with Gasteiger partial charge >= 0.3 is 12.0 Å². The molecule has 4 unspecified atom stereocenters. The Labute approximate surface area is 685 Å². The van der Waals surface area contributed by atoms with Crippen LogP contribution < -0.4 is 64.9 Å². The molecule has 652 valence electrons. The maximum absolute atomic E-state index is 13.6. The monoisotopic (exact) mass is 1670 g/mol. The highest BCUT2D eigenvalue weighted by Gasteiger charge is 2.32. The molecule has 0 spiro atoms. The molecule has 0 saturated heterocycles. The summed E-state index contributed by atoms with van der Waals surface area (Å²) in [7, 11) is -4.17. The van der Waals surface area contributed by atoms with E-state index in [-0.39, 0.29) is 200 Å². The normalized spacial score (nSPS) is 14.7. The van der Waals surface area contributed by atoms with Gasteiger partial charge in [0.2, 0.25) is 47.3 Å². The van der Waals surface area contributed by atoms with Crippen molar-refractivity contribution < 1.29 is 114 Å². The Hall–Kier alpha value is -9.25. The van der Waals surface area contributed by atoms with E-state index in [1.54, 1.807) is 47.9 Å². The number of unbranched alkanes of at least 4 members (excludes halogenated alkanes) is 2. The van der Waals surface area contributed by atoms with Crippen LogP contribution in [0.5, 0.6) is 0 Å². The topological polar surface area (TPSA) is 500 Å². The third-order valence-electron chi connectivity index (χ3n) is 18.6. The maximum Gasteiger partial charge on any atom is 0.315 e. The largest absolute Gasteiger partial charge is 0.461 e. The number of para-hydroxylation sites is 1. The number of hydrogen-bond acceptors (Lipinski definition) is 24. The summed E-state index contributed by atoms with van der Waals surface area (Å²) in [6, 6.07) is 19.7. The van der Waals surface area contributed by atoms with Gasteiger partial charge in [-0.3, -0.25) is 53.5 Å². The molecule has 117 heavy (non-hydrogen) atoms. The molecule has 1 aliphatic heterocycles. The molecular formula is C80H124N13O23S+. The van der Waals surface area contributed by atoms with Crippen molar-refractivity contribution in [2.45, 2.75) is 155 Å². The first-order valence-corrected chi connectivity index (χ1v) is 41.5. The van der Waals surface area contributed by atoms with E-state index < -0.39 is 75.6 Å². The molecule has 3 aromatic rings. The summed E-state index contributed by atoms with van der Waals surface area (Å²) < 4.78 is 86.5.